The lowest BCUT2D eigenvalue weighted by Crippen LogP contribution is -2.53. The molecular formula is C9H16ClNO3. The number of methoxy groups -OCH3 is 1. The van der Waals surface area contributed by atoms with Gasteiger partial charge in [-0.2, -0.15) is 0 Å². The van der Waals surface area contributed by atoms with Crippen molar-refractivity contribution in [2.75, 3.05) is 13.0 Å². The summed E-state index contributed by atoms with van der Waals surface area (Å²) in [4.78, 5) is 22.5. The van der Waals surface area contributed by atoms with E-state index in [4.69, 9.17) is 11.6 Å². The van der Waals surface area contributed by atoms with Crippen LogP contribution in [0.3, 0.4) is 0 Å². The Morgan fingerprint density at radius 3 is 2.43 bits per heavy atom. The number of halogens is 1. The molecule has 0 spiro atoms. The molecule has 0 saturated heterocycles. The highest BCUT2D eigenvalue weighted by Gasteiger charge is 2.34. The molecule has 1 atom stereocenters. The van der Waals surface area contributed by atoms with Gasteiger partial charge in [0.25, 0.3) is 0 Å². The molecule has 0 aromatic heterocycles. The van der Waals surface area contributed by atoms with Gasteiger partial charge >= 0.3 is 5.97 Å². The van der Waals surface area contributed by atoms with Crippen LogP contribution in [-0.4, -0.2) is 30.4 Å². The fourth-order valence-corrected chi connectivity index (χ4v) is 1.35. The van der Waals surface area contributed by atoms with Crippen LogP contribution >= 0.6 is 11.6 Å². The largest absolute Gasteiger partial charge is 0.467 e. The predicted molar refractivity (Wildman–Crippen MR) is 54.2 cm³/mol. The van der Waals surface area contributed by atoms with Crippen LogP contribution in [0.5, 0.6) is 0 Å². The van der Waals surface area contributed by atoms with Crippen molar-refractivity contribution >= 4 is 23.5 Å². The van der Waals surface area contributed by atoms with E-state index in [2.05, 4.69) is 10.1 Å². The fraction of sp³-hybridized carbons (Fsp3) is 0.778. The number of esters is 1. The van der Waals surface area contributed by atoms with Crippen LogP contribution in [-0.2, 0) is 14.3 Å². The molecule has 0 aromatic carbocycles. The van der Waals surface area contributed by atoms with E-state index in [0.717, 1.165) is 6.42 Å². The lowest BCUT2D eigenvalue weighted by molar-refractivity contribution is -0.150. The number of hydrogen-bond donors (Lipinski definition) is 1. The molecule has 5 heteroatoms. The Bertz CT molecular complexity index is 220. The van der Waals surface area contributed by atoms with E-state index in [1.54, 1.807) is 6.92 Å². The van der Waals surface area contributed by atoms with E-state index >= 15 is 0 Å². The monoisotopic (exact) mass is 221 g/mol. The first-order valence-electron chi connectivity index (χ1n) is 4.45. The summed E-state index contributed by atoms with van der Waals surface area (Å²) in [6.07, 6.45) is 1.30. The maximum Gasteiger partial charge on any atom is 0.331 e. The van der Waals surface area contributed by atoms with Crippen molar-refractivity contribution in [1.82, 2.24) is 5.32 Å². The zero-order valence-corrected chi connectivity index (χ0v) is 9.48. The maximum atomic E-state index is 11.4. The Morgan fingerprint density at radius 1 is 1.50 bits per heavy atom. The normalized spacial score (nSPS) is 14.3. The molecule has 0 aliphatic carbocycles. The van der Waals surface area contributed by atoms with Crippen molar-refractivity contribution in [3.8, 4) is 0 Å². The predicted octanol–water partition coefficient (Wildman–Crippen LogP) is 1.07. The first-order chi connectivity index (χ1) is 6.50. The van der Waals surface area contributed by atoms with Crippen molar-refractivity contribution in [2.24, 2.45) is 0 Å². The van der Waals surface area contributed by atoms with Gasteiger partial charge in [-0.15, -0.1) is 11.6 Å². The van der Waals surface area contributed by atoms with Crippen molar-refractivity contribution in [1.29, 1.82) is 0 Å². The number of rotatable bonds is 5. The number of ether oxygens (including phenoxy) is 1. The summed E-state index contributed by atoms with van der Waals surface area (Å²) in [6.45, 7) is 3.56. The molecular weight excluding hydrogens is 206 g/mol. The van der Waals surface area contributed by atoms with E-state index in [0.29, 0.717) is 6.42 Å². The first kappa shape index (κ1) is 13.2. The Kier molecular flexibility index (Phi) is 5.53. The highest BCUT2D eigenvalue weighted by molar-refractivity contribution is 6.27. The lowest BCUT2D eigenvalue weighted by Gasteiger charge is -2.27. The number of alkyl halides is 1. The highest BCUT2D eigenvalue weighted by Crippen LogP contribution is 2.14. The minimum Gasteiger partial charge on any atom is -0.467 e. The van der Waals surface area contributed by atoms with E-state index < -0.39 is 11.5 Å². The minimum atomic E-state index is -0.963. The number of hydrogen-bond acceptors (Lipinski definition) is 3. The van der Waals surface area contributed by atoms with Gasteiger partial charge in [-0.25, -0.2) is 4.79 Å². The summed E-state index contributed by atoms with van der Waals surface area (Å²) in [5.74, 6) is -0.970. The van der Waals surface area contributed by atoms with Crippen LogP contribution in [0.1, 0.15) is 26.7 Å². The Hall–Kier alpha value is -0.770. The van der Waals surface area contributed by atoms with Gasteiger partial charge in [0.15, 0.2) is 0 Å². The summed E-state index contributed by atoms with van der Waals surface area (Å²) < 4.78 is 4.62. The van der Waals surface area contributed by atoms with E-state index in [1.807, 2.05) is 6.92 Å². The zero-order chi connectivity index (χ0) is 11.2. The Morgan fingerprint density at radius 2 is 2.07 bits per heavy atom. The molecule has 1 N–H and O–H groups in total. The lowest BCUT2D eigenvalue weighted by atomic mass is 9.96. The second-order valence-corrected chi connectivity index (χ2v) is 3.52. The standard InChI is InChI=1S/C9H16ClNO3/c1-4-5-9(2,8(13)14-3)11-7(12)6-10/h4-6H2,1-3H3,(H,11,12)/t9-/m1/s1. The molecule has 0 fully saturated rings. The second-order valence-electron chi connectivity index (χ2n) is 3.26. The summed E-state index contributed by atoms with van der Waals surface area (Å²) in [6, 6.07) is 0. The van der Waals surface area contributed by atoms with Crippen LogP contribution in [0.15, 0.2) is 0 Å². The molecule has 0 aliphatic heterocycles. The van der Waals surface area contributed by atoms with Gasteiger partial charge < -0.3 is 10.1 Å². The molecule has 0 aromatic rings. The van der Waals surface area contributed by atoms with E-state index in [9.17, 15) is 9.59 Å². The molecule has 0 aliphatic rings. The van der Waals surface area contributed by atoms with Gasteiger partial charge in [-0.1, -0.05) is 13.3 Å². The average Bonchev–Trinajstić information content (AvgIpc) is 2.16. The van der Waals surface area contributed by atoms with Crippen LogP contribution < -0.4 is 5.32 Å². The van der Waals surface area contributed by atoms with Gasteiger partial charge in [0, 0.05) is 0 Å². The van der Waals surface area contributed by atoms with Crippen molar-refractivity contribution in [3.63, 3.8) is 0 Å². The third-order valence-electron chi connectivity index (χ3n) is 1.92. The van der Waals surface area contributed by atoms with Crippen molar-refractivity contribution in [2.45, 2.75) is 32.2 Å². The van der Waals surface area contributed by atoms with E-state index in [-0.39, 0.29) is 11.8 Å². The highest BCUT2D eigenvalue weighted by atomic mass is 35.5. The molecule has 0 heterocycles. The number of nitrogens with one attached hydrogen (secondary N) is 1. The van der Waals surface area contributed by atoms with Crippen LogP contribution in [0.2, 0.25) is 0 Å². The number of amides is 1. The summed E-state index contributed by atoms with van der Waals surface area (Å²) in [7, 11) is 1.29. The summed E-state index contributed by atoms with van der Waals surface area (Å²) >= 11 is 5.34. The third kappa shape index (κ3) is 3.54. The van der Waals surface area contributed by atoms with E-state index in [1.165, 1.54) is 7.11 Å². The van der Waals surface area contributed by atoms with Crippen molar-refractivity contribution in [3.05, 3.63) is 0 Å². The van der Waals surface area contributed by atoms with Crippen molar-refractivity contribution < 1.29 is 14.3 Å². The van der Waals surface area contributed by atoms with Crippen LogP contribution in [0.4, 0.5) is 0 Å². The average molecular weight is 222 g/mol. The molecule has 0 radical (unpaired) electrons. The molecule has 0 bridgehead atoms. The smallest absolute Gasteiger partial charge is 0.331 e. The second kappa shape index (κ2) is 5.86. The minimum absolute atomic E-state index is 0.156. The summed E-state index contributed by atoms with van der Waals surface area (Å²) in [5.41, 5.74) is -0.963. The van der Waals surface area contributed by atoms with Gasteiger partial charge in [-0.05, 0) is 13.3 Å². The maximum absolute atomic E-state index is 11.4. The van der Waals surface area contributed by atoms with Gasteiger partial charge in [0.05, 0.1) is 7.11 Å². The molecule has 14 heavy (non-hydrogen) atoms. The number of carbonyl (C=O) groups excluding carboxylic acids is 2. The SMILES string of the molecule is CCC[C@@](C)(NC(=O)CCl)C(=O)OC. The van der Waals surface area contributed by atoms with Gasteiger partial charge in [-0.3, -0.25) is 4.79 Å². The van der Waals surface area contributed by atoms with Gasteiger partial charge in [0.1, 0.15) is 11.4 Å². The summed E-state index contributed by atoms with van der Waals surface area (Å²) in [5, 5.41) is 2.55. The van der Waals surface area contributed by atoms with Crippen LogP contribution in [0, 0.1) is 0 Å². The molecule has 0 rings (SSSR count). The molecule has 82 valence electrons. The third-order valence-corrected chi connectivity index (χ3v) is 2.17. The van der Waals surface area contributed by atoms with Crippen LogP contribution in [0.25, 0.3) is 0 Å². The quantitative estimate of drug-likeness (QED) is 0.558. The Labute approximate surface area is 88.9 Å². The first-order valence-corrected chi connectivity index (χ1v) is 4.99. The fourth-order valence-electron chi connectivity index (χ4n) is 1.28. The van der Waals surface area contributed by atoms with Gasteiger partial charge in [0.2, 0.25) is 5.91 Å². The molecule has 1 amide bonds. The topological polar surface area (TPSA) is 55.4 Å². The molecule has 0 unspecified atom stereocenters. The molecule has 4 nitrogen and oxygen atoms in total. The number of carbonyl (C=O) groups is 2. The zero-order valence-electron chi connectivity index (χ0n) is 8.72. The molecule has 0 saturated carbocycles. The Balaban J connectivity index is 4.54.